The van der Waals surface area contributed by atoms with Crippen LogP contribution in [0.4, 0.5) is 0 Å². The molecule has 0 bridgehead atoms. The largest absolute Gasteiger partial charge is 0.496 e. The first kappa shape index (κ1) is 29.9. The number of methoxy groups -OCH3 is 1. The number of fused-ring (bicyclic) bond motifs is 2. The lowest BCUT2D eigenvalue weighted by Crippen LogP contribution is -2.43. The van der Waals surface area contributed by atoms with Crippen LogP contribution in [-0.2, 0) is 4.79 Å². The highest BCUT2D eigenvalue weighted by molar-refractivity contribution is 7.07. The second-order valence-electron chi connectivity index (χ2n) is 10.3. The van der Waals surface area contributed by atoms with E-state index in [4.69, 9.17) is 37.3 Å². The number of hydrogen-bond acceptors (Lipinski definition) is 6. The summed E-state index contributed by atoms with van der Waals surface area (Å²) in [7, 11) is 1.60. The van der Waals surface area contributed by atoms with E-state index in [0.717, 1.165) is 16.3 Å². The highest BCUT2D eigenvalue weighted by Gasteiger charge is 2.36. The number of thiazole rings is 1. The van der Waals surface area contributed by atoms with Crippen molar-refractivity contribution in [1.29, 1.82) is 0 Å². The third-order valence-electron chi connectivity index (χ3n) is 7.84. The number of carbonyl (C=O) groups is 1. The fourth-order valence-electron chi connectivity index (χ4n) is 5.68. The van der Waals surface area contributed by atoms with E-state index in [1.807, 2.05) is 63.2 Å². The summed E-state index contributed by atoms with van der Waals surface area (Å²) in [6.45, 7) is 6.75. The Morgan fingerprint density at radius 1 is 1.07 bits per heavy atom. The predicted octanol–water partition coefficient (Wildman–Crippen LogP) is 6.83. The molecule has 10 heteroatoms. The Morgan fingerprint density at radius 3 is 2.59 bits per heavy atom. The molecule has 0 saturated heterocycles. The lowest BCUT2D eigenvalue weighted by Gasteiger charge is -2.30. The number of halogens is 2. The number of aromatic nitrogens is 1. The van der Waals surface area contributed by atoms with E-state index < -0.39 is 6.04 Å². The van der Waals surface area contributed by atoms with Crippen LogP contribution in [0.25, 0.3) is 28.2 Å². The Labute approximate surface area is 267 Å². The van der Waals surface area contributed by atoms with Gasteiger partial charge in [-0.15, -0.1) is 0 Å². The molecule has 1 atom stereocenters. The average molecular weight is 647 g/mol. The van der Waals surface area contributed by atoms with Gasteiger partial charge in [-0.3, -0.25) is 14.2 Å². The first-order chi connectivity index (χ1) is 21.3. The fraction of sp³-hybridized carbons (Fsp3) is 0.206. The summed E-state index contributed by atoms with van der Waals surface area (Å²) in [5, 5.41) is 2.67. The highest BCUT2D eigenvalue weighted by Crippen LogP contribution is 2.40. The van der Waals surface area contributed by atoms with Crippen LogP contribution in [0.1, 0.15) is 38.1 Å². The Bertz CT molecular complexity index is 2140. The summed E-state index contributed by atoms with van der Waals surface area (Å²) in [5.41, 5.74) is 2.10. The van der Waals surface area contributed by atoms with E-state index in [0.29, 0.717) is 66.6 Å². The molecule has 0 saturated carbocycles. The number of ether oxygens (including phenoxy) is 1. The third-order valence-corrected chi connectivity index (χ3v) is 9.65. The monoisotopic (exact) mass is 645 g/mol. The van der Waals surface area contributed by atoms with E-state index in [9.17, 15) is 9.59 Å². The van der Waals surface area contributed by atoms with E-state index in [2.05, 4.69) is 0 Å². The van der Waals surface area contributed by atoms with Crippen LogP contribution >= 0.6 is 34.5 Å². The van der Waals surface area contributed by atoms with Gasteiger partial charge in [-0.1, -0.05) is 70.9 Å². The number of nitrogens with zero attached hydrogens (tertiary/aromatic N) is 3. The van der Waals surface area contributed by atoms with Crippen LogP contribution in [0.3, 0.4) is 0 Å². The maximum Gasteiger partial charge on any atom is 0.271 e. The number of carbonyl (C=O) groups excluding carboxylic acids is 1. The van der Waals surface area contributed by atoms with Gasteiger partial charge in [0.05, 0.1) is 33.0 Å². The SMILES string of the molecule is CCN(CC)C(=O)C1=C(C)N=c2s/c(=C/c3ccc(-c4cccc(Cl)c4Cl)o3)c(=O)n2[C@@H]1c1c(OC)ccc2ccccc12. The zero-order valence-corrected chi connectivity index (χ0v) is 26.9. The summed E-state index contributed by atoms with van der Waals surface area (Å²) in [5.74, 6) is 1.41. The Morgan fingerprint density at radius 2 is 1.84 bits per heavy atom. The molecular weight excluding hydrogens is 617 g/mol. The van der Waals surface area contributed by atoms with E-state index in [1.54, 1.807) is 46.9 Å². The molecule has 5 aromatic rings. The topological polar surface area (TPSA) is 77.0 Å². The van der Waals surface area contributed by atoms with Gasteiger partial charge in [0.2, 0.25) is 0 Å². The Kier molecular flexibility index (Phi) is 8.24. The van der Waals surface area contributed by atoms with Crippen LogP contribution in [0, 0.1) is 0 Å². The van der Waals surface area contributed by atoms with Gasteiger partial charge in [0, 0.05) is 30.3 Å². The number of furan rings is 1. The molecule has 0 radical (unpaired) electrons. The molecule has 44 heavy (non-hydrogen) atoms. The number of amides is 1. The molecule has 7 nitrogen and oxygen atoms in total. The number of allylic oxidation sites excluding steroid dienone is 1. The number of benzene rings is 3. The quantitative estimate of drug-likeness (QED) is 0.194. The van der Waals surface area contributed by atoms with Crippen LogP contribution < -0.4 is 19.6 Å². The van der Waals surface area contributed by atoms with Crippen molar-refractivity contribution in [3.8, 4) is 17.1 Å². The van der Waals surface area contributed by atoms with E-state index in [-0.39, 0.29) is 11.5 Å². The molecule has 224 valence electrons. The van der Waals surface area contributed by atoms with Gasteiger partial charge in [0.15, 0.2) is 4.80 Å². The van der Waals surface area contributed by atoms with Crippen LogP contribution in [0.15, 0.2) is 92.2 Å². The smallest absolute Gasteiger partial charge is 0.271 e. The molecule has 1 aliphatic rings. The summed E-state index contributed by atoms with van der Waals surface area (Å²) in [6, 6.07) is 19.9. The number of likely N-dealkylation sites (N-methyl/N-ethyl adjacent to an activating group) is 1. The van der Waals surface area contributed by atoms with Gasteiger partial charge in [0.1, 0.15) is 23.3 Å². The summed E-state index contributed by atoms with van der Waals surface area (Å²) >= 11 is 13.9. The van der Waals surface area contributed by atoms with E-state index >= 15 is 0 Å². The van der Waals surface area contributed by atoms with Gasteiger partial charge >= 0.3 is 0 Å². The molecular formula is C34H29Cl2N3O4S. The van der Waals surface area contributed by atoms with E-state index in [1.165, 1.54) is 11.3 Å². The summed E-state index contributed by atoms with van der Waals surface area (Å²) < 4.78 is 14.0. The van der Waals surface area contributed by atoms with Crippen molar-refractivity contribution < 1.29 is 13.9 Å². The van der Waals surface area contributed by atoms with Crippen molar-refractivity contribution in [3.63, 3.8) is 0 Å². The first-order valence-corrected chi connectivity index (χ1v) is 15.8. The minimum atomic E-state index is -0.764. The lowest BCUT2D eigenvalue weighted by molar-refractivity contribution is -0.127. The fourth-order valence-corrected chi connectivity index (χ4v) is 7.10. The zero-order valence-electron chi connectivity index (χ0n) is 24.6. The minimum absolute atomic E-state index is 0.167. The molecule has 0 aliphatic carbocycles. The van der Waals surface area contributed by atoms with Crippen molar-refractivity contribution in [2.24, 2.45) is 4.99 Å². The molecule has 0 fully saturated rings. The Hall–Kier alpha value is -4.11. The van der Waals surface area contributed by atoms with Gasteiger partial charge in [-0.2, -0.15) is 0 Å². The second-order valence-corrected chi connectivity index (χ2v) is 12.1. The number of hydrogen-bond donors (Lipinski definition) is 0. The maximum absolute atomic E-state index is 14.3. The predicted molar refractivity (Wildman–Crippen MR) is 176 cm³/mol. The molecule has 1 aliphatic heterocycles. The summed E-state index contributed by atoms with van der Waals surface area (Å²) in [6.07, 6.45) is 1.69. The molecule has 3 aromatic carbocycles. The first-order valence-electron chi connectivity index (χ1n) is 14.2. The maximum atomic E-state index is 14.3. The van der Waals surface area contributed by atoms with Crippen molar-refractivity contribution in [2.45, 2.75) is 26.8 Å². The molecule has 0 unspecified atom stereocenters. The van der Waals surface area contributed by atoms with Crippen LogP contribution in [0.5, 0.6) is 5.75 Å². The van der Waals surface area contributed by atoms with Gasteiger partial charge in [-0.05, 0) is 61.9 Å². The van der Waals surface area contributed by atoms with Crippen molar-refractivity contribution in [1.82, 2.24) is 9.47 Å². The molecule has 2 aromatic heterocycles. The normalized spacial score (nSPS) is 15.0. The average Bonchev–Trinajstić information content (AvgIpc) is 3.61. The van der Waals surface area contributed by atoms with Crippen LogP contribution in [-0.4, -0.2) is 35.6 Å². The standard InChI is InChI=1S/C34H29Cl2N3O4S/c1-5-38(6-2)33(41)28-19(3)37-34-39(31(28)29-22-11-8-7-10-20(22)14-16-26(29)42-4)32(40)27(44-34)18-21-15-17-25(43-21)23-12-9-13-24(35)30(23)36/h7-18,31H,5-6H2,1-4H3/b27-18+/t31-/m0/s1. The highest BCUT2D eigenvalue weighted by atomic mass is 35.5. The second kappa shape index (κ2) is 12.1. The zero-order chi connectivity index (χ0) is 31.1. The van der Waals surface area contributed by atoms with Crippen LogP contribution in [0.2, 0.25) is 10.0 Å². The van der Waals surface area contributed by atoms with Gasteiger partial charge in [0.25, 0.3) is 11.5 Å². The molecule has 0 N–H and O–H groups in total. The number of rotatable bonds is 7. The molecule has 1 amide bonds. The van der Waals surface area contributed by atoms with Crippen molar-refractivity contribution >= 4 is 57.3 Å². The minimum Gasteiger partial charge on any atom is -0.496 e. The summed E-state index contributed by atoms with van der Waals surface area (Å²) in [4.78, 5) is 35.5. The third kappa shape index (κ3) is 5.07. The Balaban J connectivity index is 1.58. The van der Waals surface area contributed by atoms with Crippen molar-refractivity contribution in [2.75, 3.05) is 20.2 Å². The van der Waals surface area contributed by atoms with Gasteiger partial charge in [-0.25, -0.2) is 4.99 Å². The molecule has 6 rings (SSSR count). The molecule has 0 spiro atoms. The molecule has 3 heterocycles. The van der Waals surface area contributed by atoms with Crippen molar-refractivity contribution in [3.05, 3.63) is 119 Å². The van der Waals surface area contributed by atoms with Gasteiger partial charge < -0.3 is 14.1 Å². The lowest BCUT2D eigenvalue weighted by atomic mass is 9.90.